The maximum absolute atomic E-state index is 12.9. The number of amides is 2. The third-order valence-corrected chi connectivity index (χ3v) is 5.20. The number of nitrogens with one attached hydrogen (secondary N) is 3. The van der Waals surface area contributed by atoms with Gasteiger partial charge in [-0.05, 0) is 24.1 Å². The quantitative estimate of drug-likeness (QED) is 0.715. The molecule has 1 fully saturated rings. The van der Waals surface area contributed by atoms with Crippen molar-refractivity contribution in [2.45, 2.75) is 25.7 Å². The van der Waals surface area contributed by atoms with Crippen LogP contribution in [0, 0.1) is 0 Å². The first-order valence-corrected chi connectivity index (χ1v) is 9.71. The molecule has 9 nitrogen and oxygen atoms in total. The van der Waals surface area contributed by atoms with Gasteiger partial charge in [-0.25, -0.2) is 0 Å². The highest BCUT2D eigenvalue weighted by Gasteiger charge is 2.35. The second-order valence-corrected chi connectivity index (χ2v) is 7.10. The van der Waals surface area contributed by atoms with Gasteiger partial charge in [-0.1, -0.05) is 19.1 Å². The van der Waals surface area contributed by atoms with Crippen molar-refractivity contribution < 1.29 is 14.3 Å². The lowest BCUT2D eigenvalue weighted by molar-refractivity contribution is -0.123. The van der Waals surface area contributed by atoms with Gasteiger partial charge < -0.3 is 20.3 Å². The van der Waals surface area contributed by atoms with Crippen LogP contribution in [0.25, 0.3) is 0 Å². The zero-order chi connectivity index (χ0) is 20.4. The molecule has 2 aliphatic heterocycles. The Morgan fingerprint density at radius 1 is 1.24 bits per heavy atom. The van der Waals surface area contributed by atoms with Crippen LogP contribution in [-0.2, 0) is 20.7 Å². The van der Waals surface area contributed by atoms with E-state index in [0.29, 0.717) is 37.9 Å². The summed E-state index contributed by atoms with van der Waals surface area (Å²) in [6.45, 7) is 4.31. The van der Waals surface area contributed by atoms with Gasteiger partial charge in [0.05, 0.1) is 24.7 Å². The van der Waals surface area contributed by atoms with Gasteiger partial charge in [0.25, 0.3) is 5.56 Å². The summed E-state index contributed by atoms with van der Waals surface area (Å²) in [6, 6.07) is 7.48. The van der Waals surface area contributed by atoms with Crippen molar-refractivity contribution in [1.29, 1.82) is 0 Å². The van der Waals surface area contributed by atoms with Crippen LogP contribution < -0.4 is 21.1 Å². The highest BCUT2D eigenvalue weighted by atomic mass is 16.5. The van der Waals surface area contributed by atoms with Crippen molar-refractivity contribution in [3.63, 3.8) is 0 Å². The number of aromatic nitrogens is 2. The van der Waals surface area contributed by atoms with E-state index in [-0.39, 0.29) is 23.7 Å². The second-order valence-electron chi connectivity index (χ2n) is 7.10. The average Bonchev–Trinajstić information content (AvgIpc) is 2.74. The maximum Gasteiger partial charge on any atom is 0.258 e. The fourth-order valence-electron chi connectivity index (χ4n) is 3.56. The lowest BCUT2D eigenvalue weighted by Gasteiger charge is -2.29. The van der Waals surface area contributed by atoms with Crippen LogP contribution in [0.2, 0.25) is 0 Å². The fraction of sp³-hybridized carbons (Fsp3) is 0.400. The van der Waals surface area contributed by atoms with Gasteiger partial charge in [0.1, 0.15) is 5.82 Å². The summed E-state index contributed by atoms with van der Waals surface area (Å²) in [4.78, 5) is 46.9. The predicted molar refractivity (Wildman–Crippen MR) is 108 cm³/mol. The molecule has 0 saturated carbocycles. The number of carbonyl (C=O) groups is 2. The van der Waals surface area contributed by atoms with Crippen LogP contribution in [0.1, 0.15) is 30.4 Å². The third-order valence-electron chi connectivity index (χ3n) is 5.20. The summed E-state index contributed by atoms with van der Waals surface area (Å²) in [7, 11) is 0. The Hall–Kier alpha value is -3.20. The predicted octanol–water partition coefficient (Wildman–Crippen LogP) is 1.23. The number of benzene rings is 1. The number of fused-ring (bicyclic) bond motifs is 1. The summed E-state index contributed by atoms with van der Waals surface area (Å²) in [5.41, 5.74) is 1.54. The number of nitrogens with zero attached hydrogens (tertiary/aromatic N) is 2. The topological polar surface area (TPSA) is 116 Å². The van der Waals surface area contributed by atoms with E-state index in [1.54, 1.807) is 0 Å². The van der Waals surface area contributed by atoms with Crippen LogP contribution in [0.5, 0.6) is 0 Å². The minimum atomic E-state index is -0.903. The first-order valence-electron chi connectivity index (χ1n) is 9.71. The van der Waals surface area contributed by atoms with Crippen molar-refractivity contribution in [3.8, 4) is 0 Å². The fourth-order valence-corrected chi connectivity index (χ4v) is 3.56. The van der Waals surface area contributed by atoms with Gasteiger partial charge >= 0.3 is 0 Å². The molecule has 0 spiro atoms. The Morgan fingerprint density at radius 2 is 1.97 bits per heavy atom. The molecule has 1 aromatic carbocycles. The SMILES string of the molecule is CCc1ccc(NC(=O)C2CC(=O)Nc3nc(N4CCOCC4)[nH]c(=O)c32)cc1. The highest BCUT2D eigenvalue weighted by molar-refractivity contribution is 6.04. The average molecular weight is 397 g/mol. The van der Waals surface area contributed by atoms with Crippen LogP contribution in [0.3, 0.4) is 0 Å². The molecule has 0 radical (unpaired) electrons. The molecule has 1 atom stereocenters. The first kappa shape index (κ1) is 19.1. The molecule has 0 aliphatic carbocycles. The van der Waals surface area contributed by atoms with Gasteiger partial charge in [-0.2, -0.15) is 4.98 Å². The van der Waals surface area contributed by atoms with E-state index in [2.05, 4.69) is 27.5 Å². The Kier molecular flexibility index (Phi) is 5.30. The van der Waals surface area contributed by atoms with Crippen molar-refractivity contribution in [3.05, 3.63) is 45.7 Å². The molecule has 1 saturated heterocycles. The molecule has 3 N–H and O–H groups in total. The smallest absolute Gasteiger partial charge is 0.258 e. The summed E-state index contributed by atoms with van der Waals surface area (Å²) >= 11 is 0. The number of ether oxygens (including phenoxy) is 1. The number of hydrogen-bond donors (Lipinski definition) is 3. The van der Waals surface area contributed by atoms with Gasteiger partial charge in [0.15, 0.2) is 0 Å². The number of hydrogen-bond acceptors (Lipinski definition) is 6. The summed E-state index contributed by atoms with van der Waals surface area (Å²) in [5, 5.41) is 5.44. The molecule has 29 heavy (non-hydrogen) atoms. The van der Waals surface area contributed by atoms with E-state index in [9.17, 15) is 14.4 Å². The standard InChI is InChI=1S/C20H23N5O4/c1-2-12-3-5-13(6-4-12)21-18(27)14-11-15(26)22-17-16(14)19(28)24-20(23-17)25-7-9-29-10-8-25/h3-6,14H,2,7-11H2,1H3,(H,21,27)(H2,22,23,24,26,28). The van der Waals surface area contributed by atoms with Crippen molar-refractivity contribution >= 4 is 29.3 Å². The largest absolute Gasteiger partial charge is 0.378 e. The van der Waals surface area contributed by atoms with Gasteiger partial charge in [0.2, 0.25) is 17.8 Å². The number of morpholine rings is 1. The Labute approximate surface area is 167 Å². The number of aryl methyl sites for hydroxylation is 1. The van der Waals surface area contributed by atoms with E-state index in [4.69, 9.17) is 4.74 Å². The number of aromatic amines is 1. The van der Waals surface area contributed by atoms with Gasteiger partial charge in [-0.3, -0.25) is 19.4 Å². The van der Waals surface area contributed by atoms with Crippen LogP contribution in [0.15, 0.2) is 29.1 Å². The molecule has 2 aliphatic rings. The Bertz CT molecular complexity index is 979. The lowest BCUT2D eigenvalue weighted by Crippen LogP contribution is -2.41. The molecule has 2 amide bonds. The maximum atomic E-state index is 12.9. The lowest BCUT2D eigenvalue weighted by atomic mass is 9.92. The molecule has 152 valence electrons. The van der Waals surface area contributed by atoms with E-state index in [1.807, 2.05) is 29.2 Å². The number of rotatable bonds is 4. The van der Waals surface area contributed by atoms with Crippen molar-refractivity contribution in [2.24, 2.45) is 0 Å². The molecular weight excluding hydrogens is 374 g/mol. The summed E-state index contributed by atoms with van der Waals surface area (Å²) in [5.74, 6) is -1.14. The van der Waals surface area contributed by atoms with E-state index < -0.39 is 17.4 Å². The molecule has 4 rings (SSSR count). The van der Waals surface area contributed by atoms with Gasteiger partial charge in [-0.15, -0.1) is 0 Å². The number of anilines is 3. The van der Waals surface area contributed by atoms with Crippen LogP contribution >= 0.6 is 0 Å². The Balaban J connectivity index is 1.61. The summed E-state index contributed by atoms with van der Waals surface area (Å²) < 4.78 is 5.32. The molecule has 1 unspecified atom stereocenters. The van der Waals surface area contributed by atoms with Crippen molar-refractivity contribution in [1.82, 2.24) is 9.97 Å². The van der Waals surface area contributed by atoms with Gasteiger partial charge in [0, 0.05) is 25.2 Å². The normalized spacial score (nSPS) is 18.7. The Morgan fingerprint density at radius 3 is 2.66 bits per heavy atom. The van der Waals surface area contributed by atoms with Crippen molar-refractivity contribution in [2.75, 3.05) is 41.8 Å². The van der Waals surface area contributed by atoms with E-state index in [1.165, 1.54) is 0 Å². The molecule has 9 heteroatoms. The highest BCUT2D eigenvalue weighted by Crippen LogP contribution is 2.30. The second kappa shape index (κ2) is 8.04. The zero-order valence-corrected chi connectivity index (χ0v) is 16.2. The molecule has 0 bridgehead atoms. The summed E-state index contributed by atoms with van der Waals surface area (Å²) in [6.07, 6.45) is 0.796. The monoisotopic (exact) mass is 397 g/mol. The van der Waals surface area contributed by atoms with Crippen LogP contribution in [0.4, 0.5) is 17.5 Å². The molecule has 3 heterocycles. The molecule has 1 aromatic heterocycles. The van der Waals surface area contributed by atoms with E-state index >= 15 is 0 Å². The minimum Gasteiger partial charge on any atom is -0.378 e. The number of H-pyrrole nitrogens is 1. The molecular formula is C20H23N5O4. The first-order chi connectivity index (χ1) is 14.0. The van der Waals surface area contributed by atoms with E-state index in [0.717, 1.165) is 12.0 Å². The molecule has 2 aromatic rings. The van der Waals surface area contributed by atoms with Crippen LogP contribution in [-0.4, -0.2) is 48.1 Å². The third kappa shape index (κ3) is 4.00. The minimum absolute atomic E-state index is 0.104. The zero-order valence-electron chi connectivity index (χ0n) is 16.2. The number of carbonyl (C=O) groups excluding carboxylic acids is 2.